The third-order valence-corrected chi connectivity index (χ3v) is 7.14. The minimum Gasteiger partial charge on any atom is -0.494 e. The summed E-state index contributed by atoms with van der Waals surface area (Å²) in [6.07, 6.45) is 1.93. The van der Waals surface area contributed by atoms with Crippen molar-refractivity contribution in [3.05, 3.63) is 101 Å². The van der Waals surface area contributed by atoms with Crippen molar-refractivity contribution in [1.82, 2.24) is 10.3 Å². The van der Waals surface area contributed by atoms with Crippen LogP contribution in [0.5, 0.6) is 23.0 Å². The Kier molecular flexibility index (Phi) is 9.24. The van der Waals surface area contributed by atoms with E-state index in [0.717, 1.165) is 29.1 Å². The Morgan fingerprint density at radius 3 is 2.55 bits per heavy atom. The van der Waals surface area contributed by atoms with Crippen molar-refractivity contribution >= 4 is 23.5 Å². The fourth-order valence-corrected chi connectivity index (χ4v) is 4.86. The zero-order valence-corrected chi connectivity index (χ0v) is 23.9. The van der Waals surface area contributed by atoms with Crippen LogP contribution in [0, 0.1) is 0 Å². The van der Waals surface area contributed by atoms with Crippen LogP contribution < -0.4 is 19.5 Å². The molecule has 0 saturated carbocycles. The maximum absolute atomic E-state index is 12.7. The van der Waals surface area contributed by atoms with Crippen LogP contribution >= 0.6 is 11.6 Å². The number of benzene rings is 3. The fourth-order valence-electron chi connectivity index (χ4n) is 4.65. The van der Waals surface area contributed by atoms with Crippen molar-refractivity contribution in [2.24, 2.45) is 0 Å². The zero-order valence-electron chi connectivity index (χ0n) is 23.1. The minimum absolute atomic E-state index is 0.208. The SMILES string of the molecule is CCCOc1ccc(-c2cccc(CCNC(=O)c3ccc(Oc4cc5c(cc4Cl)C(C(=O)O)CCO5)cc3)n2)cc1. The van der Waals surface area contributed by atoms with Gasteiger partial charge in [0.15, 0.2) is 0 Å². The van der Waals surface area contributed by atoms with Gasteiger partial charge in [-0.1, -0.05) is 24.6 Å². The maximum Gasteiger partial charge on any atom is 0.311 e. The summed E-state index contributed by atoms with van der Waals surface area (Å²) < 4.78 is 17.2. The molecule has 1 aliphatic heterocycles. The van der Waals surface area contributed by atoms with Gasteiger partial charge in [0, 0.05) is 41.4 Å². The Labute approximate surface area is 249 Å². The monoisotopic (exact) mass is 586 g/mol. The van der Waals surface area contributed by atoms with Gasteiger partial charge in [-0.3, -0.25) is 14.6 Å². The van der Waals surface area contributed by atoms with Crippen LogP contribution in [0.2, 0.25) is 5.02 Å². The molecule has 0 spiro atoms. The number of amides is 1. The lowest BCUT2D eigenvalue weighted by molar-refractivity contribution is -0.139. The minimum atomic E-state index is -0.915. The van der Waals surface area contributed by atoms with Crippen molar-refractivity contribution in [2.75, 3.05) is 19.8 Å². The number of halogens is 1. The lowest BCUT2D eigenvalue weighted by Gasteiger charge is -2.24. The third kappa shape index (κ3) is 7.01. The topological polar surface area (TPSA) is 107 Å². The van der Waals surface area contributed by atoms with Crippen LogP contribution in [0.1, 0.15) is 47.3 Å². The van der Waals surface area contributed by atoms with Crippen LogP contribution in [0.25, 0.3) is 11.3 Å². The van der Waals surface area contributed by atoms with E-state index in [1.807, 2.05) is 42.5 Å². The number of carboxylic acids is 1. The second kappa shape index (κ2) is 13.4. The summed E-state index contributed by atoms with van der Waals surface area (Å²) in [5, 5.41) is 12.7. The number of rotatable bonds is 11. The van der Waals surface area contributed by atoms with E-state index < -0.39 is 11.9 Å². The molecule has 216 valence electrons. The molecule has 3 aromatic carbocycles. The summed E-state index contributed by atoms with van der Waals surface area (Å²) in [6, 6.07) is 23.6. The van der Waals surface area contributed by atoms with E-state index in [9.17, 15) is 14.7 Å². The quantitative estimate of drug-likeness (QED) is 0.197. The van der Waals surface area contributed by atoms with Crippen LogP contribution in [0.3, 0.4) is 0 Å². The molecule has 4 aromatic rings. The number of fused-ring (bicyclic) bond motifs is 1. The molecule has 1 unspecified atom stereocenters. The van der Waals surface area contributed by atoms with Gasteiger partial charge in [-0.2, -0.15) is 0 Å². The highest BCUT2D eigenvalue weighted by molar-refractivity contribution is 6.32. The maximum atomic E-state index is 12.7. The van der Waals surface area contributed by atoms with E-state index in [0.29, 0.717) is 61.0 Å². The van der Waals surface area contributed by atoms with Gasteiger partial charge >= 0.3 is 5.97 Å². The second-order valence-electron chi connectivity index (χ2n) is 9.87. The molecule has 1 atom stereocenters. The highest BCUT2D eigenvalue weighted by Gasteiger charge is 2.29. The van der Waals surface area contributed by atoms with Crippen molar-refractivity contribution in [3.8, 4) is 34.3 Å². The molecule has 5 rings (SSSR count). The van der Waals surface area contributed by atoms with E-state index in [1.54, 1.807) is 36.4 Å². The first-order valence-electron chi connectivity index (χ1n) is 13.9. The first-order valence-corrected chi connectivity index (χ1v) is 14.2. The normalized spacial score (nSPS) is 13.9. The molecule has 0 fully saturated rings. The van der Waals surface area contributed by atoms with Gasteiger partial charge in [0.1, 0.15) is 23.0 Å². The van der Waals surface area contributed by atoms with Gasteiger partial charge in [-0.05, 0) is 79.6 Å². The van der Waals surface area contributed by atoms with Crippen LogP contribution in [0.15, 0.2) is 78.9 Å². The van der Waals surface area contributed by atoms with Gasteiger partial charge in [-0.25, -0.2) is 0 Å². The average Bonchev–Trinajstić information content (AvgIpc) is 3.01. The summed E-state index contributed by atoms with van der Waals surface area (Å²) in [4.78, 5) is 29.0. The molecule has 0 radical (unpaired) electrons. The summed E-state index contributed by atoms with van der Waals surface area (Å²) in [7, 11) is 0. The summed E-state index contributed by atoms with van der Waals surface area (Å²) in [5.74, 6) is 0.313. The predicted molar refractivity (Wildman–Crippen MR) is 160 cm³/mol. The van der Waals surface area contributed by atoms with Crippen molar-refractivity contribution in [2.45, 2.75) is 32.1 Å². The van der Waals surface area contributed by atoms with E-state index in [2.05, 4.69) is 12.2 Å². The van der Waals surface area contributed by atoms with Crippen molar-refractivity contribution < 1.29 is 28.9 Å². The lowest BCUT2D eigenvalue weighted by atomic mass is 9.93. The number of carboxylic acid groups (broad SMARTS) is 1. The molecule has 2 N–H and O–H groups in total. The molecule has 8 nitrogen and oxygen atoms in total. The molecular weight excluding hydrogens is 556 g/mol. The van der Waals surface area contributed by atoms with Gasteiger partial charge in [-0.15, -0.1) is 0 Å². The molecule has 0 saturated heterocycles. The molecule has 1 aromatic heterocycles. The van der Waals surface area contributed by atoms with Gasteiger partial charge in [0.05, 0.1) is 29.8 Å². The Hall–Kier alpha value is -4.56. The lowest BCUT2D eigenvalue weighted by Crippen LogP contribution is -2.25. The number of hydrogen-bond acceptors (Lipinski definition) is 6. The summed E-state index contributed by atoms with van der Waals surface area (Å²) >= 11 is 6.39. The molecule has 1 amide bonds. The average molecular weight is 587 g/mol. The molecule has 0 aliphatic carbocycles. The number of carbonyl (C=O) groups excluding carboxylic acids is 1. The fraction of sp³-hybridized carbons (Fsp3) is 0.242. The van der Waals surface area contributed by atoms with E-state index >= 15 is 0 Å². The smallest absolute Gasteiger partial charge is 0.311 e. The van der Waals surface area contributed by atoms with E-state index in [-0.39, 0.29) is 10.9 Å². The Balaban J connectivity index is 1.15. The second-order valence-corrected chi connectivity index (χ2v) is 10.3. The van der Waals surface area contributed by atoms with Crippen molar-refractivity contribution in [3.63, 3.8) is 0 Å². The molecule has 2 heterocycles. The largest absolute Gasteiger partial charge is 0.494 e. The van der Waals surface area contributed by atoms with Crippen LogP contribution in [-0.2, 0) is 11.2 Å². The van der Waals surface area contributed by atoms with E-state index in [1.165, 1.54) is 0 Å². The predicted octanol–water partition coefficient (Wildman–Crippen LogP) is 6.91. The first kappa shape index (κ1) is 29.0. The number of pyridine rings is 1. The molecular formula is C33H31ClN2O6. The molecule has 0 bridgehead atoms. The third-order valence-electron chi connectivity index (χ3n) is 6.84. The standard InChI is InChI=1S/C33H31ClN2O6/c1-2-17-40-24-10-6-21(7-11-24)29-5-3-4-23(36-29)14-16-35-32(37)22-8-12-25(13-9-22)42-31-20-30-27(19-28(31)34)26(33(38)39)15-18-41-30/h3-13,19-20,26H,2,14-18H2,1H3,(H,35,37)(H,38,39). The first-order chi connectivity index (χ1) is 20.4. The number of carbonyl (C=O) groups is 2. The highest BCUT2D eigenvalue weighted by Crippen LogP contribution is 2.41. The number of aromatic nitrogens is 1. The molecule has 9 heteroatoms. The number of hydrogen-bond donors (Lipinski definition) is 2. The van der Waals surface area contributed by atoms with Gasteiger partial charge in [0.2, 0.25) is 0 Å². The highest BCUT2D eigenvalue weighted by atomic mass is 35.5. The van der Waals surface area contributed by atoms with Gasteiger partial charge in [0.25, 0.3) is 5.91 Å². The van der Waals surface area contributed by atoms with Crippen molar-refractivity contribution in [1.29, 1.82) is 0 Å². The number of ether oxygens (including phenoxy) is 3. The van der Waals surface area contributed by atoms with Crippen LogP contribution in [0.4, 0.5) is 0 Å². The summed E-state index contributed by atoms with van der Waals surface area (Å²) in [6.45, 7) is 3.50. The number of aliphatic carboxylic acids is 1. The summed E-state index contributed by atoms with van der Waals surface area (Å²) in [5.41, 5.74) is 3.76. The van der Waals surface area contributed by atoms with Crippen LogP contribution in [-0.4, -0.2) is 41.7 Å². The Morgan fingerprint density at radius 2 is 1.81 bits per heavy atom. The van der Waals surface area contributed by atoms with E-state index in [4.69, 9.17) is 30.8 Å². The van der Waals surface area contributed by atoms with Gasteiger partial charge < -0.3 is 24.6 Å². The number of nitrogens with one attached hydrogen (secondary N) is 1. The Bertz CT molecular complexity index is 1560. The Morgan fingerprint density at radius 1 is 1.05 bits per heavy atom. The molecule has 1 aliphatic rings. The zero-order chi connectivity index (χ0) is 29.5. The number of nitrogens with zero attached hydrogens (tertiary/aromatic N) is 1. The molecule has 42 heavy (non-hydrogen) atoms.